The third-order valence-corrected chi connectivity index (χ3v) is 4.92. The van der Waals surface area contributed by atoms with Gasteiger partial charge < -0.3 is 15.7 Å². The van der Waals surface area contributed by atoms with E-state index in [9.17, 15) is 28.7 Å². The lowest BCUT2D eigenvalue weighted by molar-refractivity contribution is -0.148. The van der Waals surface area contributed by atoms with E-state index in [4.69, 9.17) is 5.73 Å². The molecule has 1 atom stereocenters. The van der Waals surface area contributed by atoms with Gasteiger partial charge >= 0.3 is 6.09 Å². The molecule has 0 unspecified atom stereocenters. The highest BCUT2D eigenvalue weighted by Crippen LogP contribution is 2.30. The van der Waals surface area contributed by atoms with Crippen molar-refractivity contribution < 1.29 is 28.7 Å². The van der Waals surface area contributed by atoms with Gasteiger partial charge in [0.1, 0.15) is 17.7 Å². The molecule has 2 aliphatic heterocycles. The van der Waals surface area contributed by atoms with Crippen molar-refractivity contribution in [2.24, 2.45) is 5.73 Å². The van der Waals surface area contributed by atoms with Crippen molar-refractivity contribution in [1.82, 2.24) is 14.7 Å². The molecule has 0 aromatic heterocycles. The average molecular weight is 404 g/mol. The van der Waals surface area contributed by atoms with Gasteiger partial charge in [0, 0.05) is 32.1 Å². The number of carbonyl (C=O) groups excluding carboxylic acids is 3. The van der Waals surface area contributed by atoms with Crippen molar-refractivity contribution in [3.63, 3.8) is 0 Å². The third-order valence-electron chi connectivity index (χ3n) is 4.92. The largest absolute Gasteiger partial charge is 0.465 e. The van der Waals surface area contributed by atoms with E-state index in [1.807, 2.05) is 0 Å². The van der Waals surface area contributed by atoms with E-state index < -0.39 is 29.8 Å². The molecule has 0 bridgehead atoms. The zero-order chi connectivity index (χ0) is 21.1. The van der Waals surface area contributed by atoms with Gasteiger partial charge in [-0.3, -0.25) is 24.2 Å². The second-order valence-electron chi connectivity index (χ2n) is 6.87. The van der Waals surface area contributed by atoms with Crippen LogP contribution in [-0.4, -0.2) is 62.8 Å². The Bertz CT molecular complexity index is 887. The molecule has 0 radical (unpaired) electrons. The predicted octanol–water partition coefficient (Wildman–Crippen LogP) is 0.856. The maximum absolute atomic E-state index is 13.4. The van der Waals surface area contributed by atoms with E-state index in [1.54, 1.807) is 12.1 Å². The summed E-state index contributed by atoms with van der Waals surface area (Å²) in [4.78, 5) is 51.8. The Morgan fingerprint density at radius 1 is 1.28 bits per heavy atom. The Kier molecular flexibility index (Phi) is 5.81. The maximum atomic E-state index is 13.4. The number of hydrogen-bond donors (Lipinski definition) is 2. The van der Waals surface area contributed by atoms with Crippen LogP contribution in [0.1, 0.15) is 24.8 Å². The van der Waals surface area contributed by atoms with Gasteiger partial charge in [-0.25, -0.2) is 9.18 Å². The van der Waals surface area contributed by atoms with Crippen LogP contribution in [0.3, 0.4) is 0 Å². The molecule has 1 saturated heterocycles. The quantitative estimate of drug-likeness (QED) is 0.728. The molecule has 9 nitrogen and oxygen atoms in total. The second-order valence-corrected chi connectivity index (χ2v) is 6.87. The van der Waals surface area contributed by atoms with E-state index in [0.29, 0.717) is 12.0 Å². The molecule has 3 rings (SSSR count). The Morgan fingerprint density at radius 2 is 2.03 bits per heavy atom. The fraction of sp³-hybridized carbons (Fsp3) is 0.368. The highest BCUT2D eigenvalue weighted by Gasteiger charge is 2.44. The van der Waals surface area contributed by atoms with Gasteiger partial charge in [-0.2, -0.15) is 0 Å². The number of primary amides is 1. The summed E-state index contributed by atoms with van der Waals surface area (Å²) in [7, 11) is 0. The standard InChI is InChI=1S/C19H21FN4O5/c20-13-3-1-2-12(10-13)6-8-22-11-16-23(19(28)29)9-7-17(26)24(16)14(18(22)27)4-5-15(21)25/h1-3,10-11,14H,4-9H2,(H2,21,25)(H,28,29)/t14-/m0/s1. The number of nitrogens with two attached hydrogens (primary N) is 1. The van der Waals surface area contributed by atoms with Crippen molar-refractivity contribution in [2.75, 3.05) is 13.1 Å². The lowest BCUT2D eigenvalue weighted by atomic mass is 10.0. The van der Waals surface area contributed by atoms with Gasteiger partial charge in [-0.15, -0.1) is 0 Å². The van der Waals surface area contributed by atoms with Gasteiger partial charge in [0.15, 0.2) is 0 Å². The van der Waals surface area contributed by atoms with Crippen LogP contribution in [0.4, 0.5) is 9.18 Å². The number of fused-ring (bicyclic) bond motifs is 1. The highest BCUT2D eigenvalue weighted by atomic mass is 19.1. The van der Waals surface area contributed by atoms with Crippen molar-refractivity contribution in [2.45, 2.75) is 31.7 Å². The van der Waals surface area contributed by atoms with Crippen molar-refractivity contribution in [1.29, 1.82) is 0 Å². The first-order valence-corrected chi connectivity index (χ1v) is 9.15. The number of carbonyl (C=O) groups is 4. The van der Waals surface area contributed by atoms with E-state index in [0.717, 1.165) is 9.80 Å². The zero-order valence-corrected chi connectivity index (χ0v) is 15.6. The van der Waals surface area contributed by atoms with Crippen molar-refractivity contribution in [3.05, 3.63) is 47.7 Å². The number of nitrogens with zero attached hydrogens (tertiary/aromatic N) is 3. The van der Waals surface area contributed by atoms with E-state index in [1.165, 1.54) is 23.2 Å². The van der Waals surface area contributed by atoms with E-state index in [2.05, 4.69) is 0 Å². The molecule has 2 heterocycles. The minimum atomic E-state index is -1.25. The lowest BCUT2D eigenvalue weighted by Crippen LogP contribution is -2.60. The van der Waals surface area contributed by atoms with Gasteiger partial charge in [0.05, 0.1) is 0 Å². The minimum Gasteiger partial charge on any atom is -0.465 e. The van der Waals surface area contributed by atoms with Gasteiger partial charge in [0.2, 0.25) is 17.7 Å². The number of carboxylic acid groups (broad SMARTS) is 1. The summed E-state index contributed by atoms with van der Waals surface area (Å²) < 4.78 is 13.4. The SMILES string of the molecule is NC(=O)CC[C@H]1C(=O)N(CCc2cccc(F)c2)C=C2N(C(=O)O)CCC(=O)N21. The van der Waals surface area contributed by atoms with Gasteiger partial charge in [0.25, 0.3) is 0 Å². The average Bonchev–Trinajstić information content (AvgIpc) is 2.66. The molecule has 4 amide bonds. The summed E-state index contributed by atoms with van der Waals surface area (Å²) >= 11 is 0. The van der Waals surface area contributed by atoms with Crippen molar-refractivity contribution >= 4 is 23.8 Å². The fourth-order valence-electron chi connectivity index (χ4n) is 3.51. The molecular formula is C19H21FN4O5. The summed E-state index contributed by atoms with van der Waals surface area (Å²) in [5, 5.41) is 9.49. The smallest absolute Gasteiger partial charge is 0.413 e. The Labute approximate surface area is 166 Å². The third kappa shape index (κ3) is 4.36. The topological polar surface area (TPSA) is 124 Å². The molecule has 1 aromatic rings. The van der Waals surface area contributed by atoms with E-state index in [-0.39, 0.29) is 44.1 Å². The Hall–Kier alpha value is -3.43. The summed E-state index contributed by atoms with van der Waals surface area (Å²) in [6, 6.07) is 4.92. The summed E-state index contributed by atoms with van der Waals surface area (Å²) in [6.45, 7) is 0.138. The molecule has 1 aromatic carbocycles. The van der Waals surface area contributed by atoms with Crippen LogP contribution in [0.15, 0.2) is 36.3 Å². The molecule has 0 aliphatic carbocycles. The maximum Gasteiger partial charge on any atom is 0.413 e. The van der Waals surface area contributed by atoms with Crippen LogP contribution in [0.2, 0.25) is 0 Å². The fourth-order valence-corrected chi connectivity index (χ4v) is 3.51. The molecule has 1 fully saturated rings. The predicted molar refractivity (Wildman–Crippen MR) is 98.3 cm³/mol. The number of hydrogen-bond acceptors (Lipinski definition) is 4. The normalized spacial score (nSPS) is 19.1. The van der Waals surface area contributed by atoms with Crippen LogP contribution in [-0.2, 0) is 20.8 Å². The van der Waals surface area contributed by atoms with Crippen LogP contribution < -0.4 is 5.73 Å². The minimum absolute atomic E-state index is 0.0127. The molecule has 29 heavy (non-hydrogen) atoms. The Morgan fingerprint density at radius 3 is 2.69 bits per heavy atom. The number of amides is 4. The summed E-state index contributed by atoms with van der Waals surface area (Å²) in [5.74, 6) is -1.78. The summed E-state index contributed by atoms with van der Waals surface area (Å²) in [5.41, 5.74) is 5.86. The number of rotatable bonds is 6. The molecule has 3 N–H and O–H groups in total. The second kappa shape index (κ2) is 8.29. The molecule has 2 aliphatic rings. The van der Waals surface area contributed by atoms with Gasteiger partial charge in [-0.1, -0.05) is 12.1 Å². The van der Waals surface area contributed by atoms with Crippen LogP contribution in [0.5, 0.6) is 0 Å². The monoisotopic (exact) mass is 404 g/mol. The molecule has 10 heteroatoms. The highest BCUT2D eigenvalue weighted by molar-refractivity contribution is 5.93. The molecule has 0 saturated carbocycles. The van der Waals surface area contributed by atoms with E-state index >= 15 is 0 Å². The first kappa shape index (κ1) is 20.3. The molecule has 0 spiro atoms. The molecule has 154 valence electrons. The van der Waals surface area contributed by atoms with Crippen LogP contribution in [0.25, 0.3) is 0 Å². The van der Waals surface area contributed by atoms with Crippen LogP contribution in [0, 0.1) is 5.82 Å². The zero-order valence-electron chi connectivity index (χ0n) is 15.6. The number of benzene rings is 1. The Balaban J connectivity index is 1.90. The first-order chi connectivity index (χ1) is 13.8. The van der Waals surface area contributed by atoms with Crippen LogP contribution >= 0.6 is 0 Å². The van der Waals surface area contributed by atoms with Crippen molar-refractivity contribution in [3.8, 4) is 0 Å². The van der Waals surface area contributed by atoms with Gasteiger partial charge in [-0.05, 0) is 30.5 Å². The first-order valence-electron chi connectivity index (χ1n) is 9.15. The summed E-state index contributed by atoms with van der Waals surface area (Å²) in [6.07, 6.45) is 0.207. The molecular weight excluding hydrogens is 383 g/mol. The number of halogens is 1. The lowest BCUT2D eigenvalue weighted by Gasteiger charge is -2.45.